The number of hydrogen-bond acceptors (Lipinski definition) is 4. The summed E-state index contributed by atoms with van der Waals surface area (Å²) in [5.74, 6) is -0.550. The normalized spacial score (nSPS) is 11.8. The van der Waals surface area contributed by atoms with Crippen LogP contribution >= 0.6 is 15.9 Å². The lowest BCUT2D eigenvalue weighted by Crippen LogP contribution is -2.17. The van der Waals surface area contributed by atoms with Gasteiger partial charge < -0.3 is 9.84 Å². The molecule has 0 amide bonds. The fraction of sp³-hybridized carbons (Fsp3) is 0.176. The maximum Gasteiger partial charge on any atom is 0.213 e. The summed E-state index contributed by atoms with van der Waals surface area (Å²) in [6.45, 7) is 2.10. The maximum atomic E-state index is 12.6. The lowest BCUT2D eigenvalue weighted by molar-refractivity contribution is 0.0747. The van der Waals surface area contributed by atoms with Crippen LogP contribution in [0.5, 0.6) is 0 Å². The molecule has 1 unspecified atom stereocenters. The van der Waals surface area contributed by atoms with Crippen LogP contribution in [-0.4, -0.2) is 23.4 Å². The van der Waals surface area contributed by atoms with Crippen molar-refractivity contribution in [3.05, 3.63) is 69.7 Å². The first-order valence-electron chi connectivity index (χ1n) is 6.83. The van der Waals surface area contributed by atoms with Crippen LogP contribution in [0.1, 0.15) is 34.5 Å². The summed E-state index contributed by atoms with van der Waals surface area (Å²) in [5.41, 5.74) is 1.14. The van der Waals surface area contributed by atoms with Crippen molar-refractivity contribution in [3.8, 4) is 0 Å². The number of aliphatic hydroxyl groups excluding tert-OH is 1. The van der Waals surface area contributed by atoms with Crippen LogP contribution in [0, 0.1) is 5.41 Å². The molecule has 0 saturated carbocycles. The fourth-order valence-corrected chi connectivity index (χ4v) is 2.44. The van der Waals surface area contributed by atoms with Gasteiger partial charge in [-0.05, 0) is 30.7 Å². The van der Waals surface area contributed by atoms with E-state index in [1.807, 2.05) is 6.07 Å². The summed E-state index contributed by atoms with van der Waals surface area (Å²) in [4.78, 5) is 12.6. The Labute approximate surface area is 137 Å². The van der Waals surface area contributed by atoms with E-state index in [9.17, 15) is 9.90 Å². The quantitative estimate of drug-likeness (QED) is 0.484. The average molecular weight is 362 g/mol. The van der Waals surface area contributed by atoms with E-state index in [1.54, 1.807) is 49.4 Å². The molecule has 22 heavy (non-hydrogen) atoms. The van der Waals surface area contributed by atoms with E-state index < -0.39 is 11.9 Å². The SMILES string of the molecule is CCOC(=N)c1cc(Br)ccc1C(=O)C(O)c1ccccc1. The summed E-state index contributed by atoms with van der Waals surface area (Å²) in [5, 5.41) is 18.2. The van der Waals surface area contributed by atoms with Gasteiger partial charge in [-0.2, -0.15) is 0 Å². The van der Waals surface area contributed by atoms with Crippen molar-refractivity contribution in [2.75, 3.05) is 6.61 Å². The van der Waals surface area contributed by atoms with Crippen molar-refractivity contribution < 1.29 is 14.6 Å². The molecule has 4 nitrogen and oxygen atoms in total. The number of halogens is 1. The van der Waals surface area contributed by atoms with Gasteiger partial charge in [-0.1, -0.05) is 46.3 Å². The molecular formula is C17H16BrNO3. The number of carbonyl (C=O) groups is 1. The van der Waals surface area contributed by atoms with Crippen molar-refractivity contribution in [2.24, 2.45) is 0 Å². The Hall–Kier alpha value is -1.98. The summed E-state index contributed by atoms with van der Waals surface area (Å²) in [6, 6.07) is 13.6. The molecule has 0 spiro atoms. The number of ether oxygens (including phenoxy) is 1. The molecule has 2 aromatic carbocycles. The zero-order valence-electron chi connectivity index (χ0n) is 12.0. The molecule has 2 N–H and O–H groups in total. The number of hydrogen-bond donors (Lipinski definition) is 2. The van der Waals surface area contributed by atoms with Crippen LogP contribution in [0.4, 0.5) is 0 Å². The number of rotatable bonds is 5. The van der Waals surface area contributed by atoms with Gasteiger partial charge in [0.1, 0.15) is 6.10 Å². The minimum absolute atomic E-state index is 0.0904. The van der Waals surface area contributed by atoms with Crippen LogP contribution in [0.2, 0.25) is 0 Å². The summed E-state index contributed by atoms with van der Waals surface area (Å²) in [7, 11) is 0. The van der Waals surface area contributed by atoms with Gasteiger partial charge in [0.15, 0.2) is 5.78 Å². The van der Waals surface area contributed by atoms with E-state index in [4.69, 9.17) is 10.1 Å². The molecule has 0 saturated heterocycles. The highest BCUT2D eigenvalue weighted by molar-refractivity contribution is 9.10. The number of Topliss-reactive ketones (excluding diaryl/α,β-unsaturated/α-hetero) is 1. The monoisotopic (exact) mass is 361 g/mol. The molecule has 2 aromatic rings. The number of aliphatic hydroxyl groups is 1. The molecule has 5 heteroatoms. The van der Waals surface area contributed by atoms with Crippen LogP contribution < -0.4 is 0 Å². The molecule has 0 aliphatic rings. The Kier molecular flexibility index (Phi) is 5.46. The van der Waals surface area contributed by atoms with Gasteiger partial charge in [0.2, 0.25) is 5.90 Å². The molecule has 0 fully saturated rings. The number of benzene rings is 2. The van der Waals surface area contributed by atoms with Crippen LogP contribution in [0.15, 0.2) is 53.0 Å². The largest absolute Gasteiger partial charge is 0.478 e. The zero-order chi connectivity index (χ0) is 16.1. The van der Waals surface area contributed by atoms with Crippen LogP contribution in [-0.2, 0) is 4.74 Å². The third kappa shape index (κ3) is 3.61. The summed E-state index contributed by atoms with van der Waals surface area (Å²) in [6.07, 6.45) is -1.27. The molecule has 0 radical (unpaired) electrons. The zero-order valence-corrected chi connectivity index (χ0v) is 13.6. The van der Waals surface area contributed by atoms with Gasteiger partial charge >= 0.3 is 0 Å². The second kappa shape index (κ2) is 7.33. The minimum atomic E-state index is -1.27. The molecule has 1 atom stereocenters. The van der Waals surface area contributed by atoms with E-state index in [1.165, 1.54) is 0 Å². The number of ketones is 1. The maximum absolute atomic E-state index is 12.6. The van der Waals surface area contributed by atoms with E-state index in [0.717, 1.165) is 4.47 Å². The molecule has 0 aliphatic carbocycles. The van der Waals surface area contributed by atoms with Crippen molar-refractivity contribution in [1.82, 2.24) is 0 Å². The molecule has 2 rings (SSSR count). The third-order valence-electron chi connectivity index (χ3n) is 3.14. The third-order valence-corrected chi connectivity index (χ3v) is 3.64. The van der Waals surface area contributed by atoms with E-state index in [2.05, 4.69) is 15.9 Å². The Morgan fingerprint density at radius 3 is 2.55 bits per heavy atom. The van der Waals surface area contributed by atoms with E-state index in [0.29, 0.717) is 17.7 Å². The number of nitrogens with one attached hydrogen (secondary N) is 1. The predicted molar refractivity (Wildman–Crippen MR) is 88.3 cm³/mol. The van der Waals surface area contributed by atoms with Crippen LogP contribution in [0.3, 0.4) is 0 Å². The standard InChI is InChI=1S/C17H16BrNO3/c1-2-22-17(19)14-10-12(18)8-9-13(14)16(21)15(20)11-6-4-3-5-7-11/h3-10,15,19-20H,2H2,1H3. The first-order valence-corrected chi connectivity index (χ1v) is 7.62. The molecule has 0 aliphatic heterocycles. The van der Waals surface area contributed by atoms with Gasteiger partial charge in [0.25, 0.3) is 0 Å². The molecule has 114 valence electrons. The lowest BCUT2D eigenvalue weighted by Gasteiger charge is -2.14. The second-order valence-electron chi connectivity index (χ2n) is 4.63. The van der Waals surface area contributed by atoms with E-state index in [-0.39, 0.29) is 11.5 Å². The second-order valence-corrected chi connectivity index (χ2v) is 5.55. The Morgan fingerprint density at radius 2 is 1.91 bits per heavy atom. The first kappa shape index (κ1) is 16.4. The predicted octanol–water partition coefficient (Wildman–Crippen LogP) is 3.73. The fourth-order valence-electron chi connectivity index (χ4n) is 2.08. The van der Waals surface area contributed by atoms with Gasteiger partial charge in [-0.3, -0.25) is 10.2 Å². The Bertz CT molecular complexity index is 686. The van der Waals surface area contributed by atoms with Crippen molar-refractivity contribution >= 4 is 27.6 Å². The lowest BCUT2D eigenvalue weighted by atomic mass is 9.96. The van der Waals surface area contributed by atoms with Gasteiger partial charge in [0.05, 0.1) is 6.61 Å². The molecule has 0 heterocycles. The van der Waals surface area contributed by atoms with Crippen molar-refractivity contribution in [3.63, 3.8) is 0 Å². The Morgan fingerprint density at radius 1 is 1.23 bits per heavy atom. The average Bonchev–Trinajstić information content (AvgIpc) is 2.54. The number of carbonyl (C=O) groups excluding carboxylic acids is 1. The molecule has 0 aromatic heterocycles. The first-order chi connectivity index (χ1) is 10.5. The highest BCUT2D eigenvalue weighted by Crippen LogP contribution is 2.24. The summed E-state index contributed by atoms with van der Waals surface area (Å²) >= 11 is 3.32. The van der Waals surface area contributed by atoms with Gasteiger partial charge in [0, 0.05) is 15.6 Å². The van der Waals surface area contributed by atoms with E-state index >= 15 is 0 Å². The highest BCUT2D eigenvalue weighted by Gasteiger charge is 2.23. The minimum Gasteiger partial charge on any atom is -0.478 e. The highest BCUT2D eigenvalue weighted by atomic mass is 79.9. The smallest absolute Gasteiger partial charge is 0.213 e. The topological polar surface area (TPSA) is 70.4 Å². The van der Waals surface area contributed by atoms with Gasteiger partial charge in [-0.15, -0.1) is 0 Å². The molecule has 0 bridgehead atoms. The Balaban J connectivity index is 2.39. The van der Waals surface area contributed by atoms with Crippen molar-refractivity contribution in [1.29, 1.82) is 5.41 Å². The van der Waals surface area contributed by atoms with Crippen LogP contribution in [0.25, 0.3) is 0 Å². The van der Waals surface area contributed by atoms with Gasteiger partial charge in [-0.25, -0.2) is 0 Å². The van der Waals surface area contributed by atoms with Crippen molar-refractivity contribution in [2.45, 2.75) is 13.0 Å². The molecular weight excluding hydrogens is 346 g/mol. The summed E-state index contributed by atoms with van der Waals surface area (Å²) < 4.78 is 5.92.